The predicted molar refractivity (Wildman–Crippen MR) is 97.3 cm³/mol. The SMILES string of the molecule is COc1cccc(S(=O)(=O)N(CCc2cccs2)Cc2ccoc2)c1. The summed E-state index contributed by atoms with van der Waals surface area (Å²) in [6.07, 6.45) is 3.78. The lowest BCUT2D eigenvalue weighted by Crippen LogP contribution is -2.32. The summed E-state index contributed by atoms with van der Waals surface area (Å²) in [5.41, 5.74) is 0.817. The van der Waals surface area contributed by atoms with Gasteiger partial charge < -0.3 is 9.15 Å². The smallest absolute Gasteiger partial charge is 0.243 e. The van der Waals surface area contributed by atoms with Gasteiger partial charge in [-0.05, 0) is 36.1 Å². The molecule has 2 heterocycles. The van der Waals surface area contributed by atoms with Crippen LogP contribution in [-0.4, -0.2) is 26.4 Å². The Morgan fingerprint density at radius 1 is 1.20 bits per heavy atom. The molecule has 5 nitrogen and oxygen atoms in total. The minimum absolute atomic E-state index is 0.224. The largest absolute Gasteiger partial charge is 0.497 e. The summed E-state index contributed by atoms with van der Waals surface area (Å²) in [7, 11) is -2.13. The van der Waals surface area contributed by atoms with Gasteiger partial charge in [-0.1, -0.05) is 12.1 Å². The van der Waals surface area contributed by atoms with Crippen LogP contribution in [0.2, 0.25) is 0 Å². The van der Waals surface area contributed by atoms with Crippen molar-refractivity contribution in [2.45, 2.75) is 17.9 Å². The third kappa shape index (κ3) is 4.31. The second-order valence-corrected chi connectivity index (χ2v) is 8.45. The van der Waals surface area contributed by atoms with Crippen molar-refractivity contribution in [3.8, 4) is 5.75 Å². The number of benzene rings is 1. The standard InChI is InChI=1S/C18H19NO4S2/c1-22-16-4-2-6-18(12-16)25(20,21)19(13-15-8-10-23-14-15)9-7-17-5-3-11-24-17/h2-6,8,10-12,14H,7,9,13H2,1H3. The quantitative estimate of drug-likeness (QED) is 0.599. The predicted octanol–water partition coefficient (Wildman–Crippen LogP) is 3.78. The molecule has 0 amide bonds. The van der Waals surface area contributed by atoms with Gasteiger partial charge in [0, 0.05) is 29.6 Å². The summed E-state index contributed by atoms with van der Waals surface area (Å²) in [6.45, 7) is 0.659. The maximum atomic E-state index is 13.1. The molecule has 0 bridgehead atoms. The van der Waals surface area contributed by atoms with Gasteiger partial charge >= 0.3 is 0 Å². The number of ether oxygens (including phenoxy) is 1. The zero-order valence-electron chi connectivity index (χ0n) is 13.8. The molecule has 0 fully saturated rings. The second kappa shape index (κ2) is 7.86. The maximum absolute atomic E-state index is 13.1. The molecular weight excluding hydrogens is 358 g/mol. The Labute approximate surface area is 151 Å². The fraction of sp³-hybridized carbons (Fsp3) is 0.222. The van der Waals surface area contributed by atoms with Crippen LogP contribution in [0.25, 0.3) is 0 Å². The van der Waals surface area contributed by atoms with E-state index in [1.165, 1.54) is 11.4 Å². The van der Waals surface area contributed by atoms with Crippen molar-refractivity contribution in [3.63, 3.8) is 0 Å². The van der Waals surface area contributed by atoms with Crippen LogP contribution in [-0.2, 0) is 23.0 Å². The zero-order valence-corrected chi connectivity index (χ0v) is 15.4. The Bertz CT molecular complexity index is 887. The van der Waals surface area contributed by atoms with Crippen LogP contribution in [0.5, 0.6) is 5.75 Å². The summed E-state index contributed by atoms with van der Waals surface area (Å²) in [5, 5.41) is 1.99. The average Bonchev–Trinajstić information content (AvgIpc) is 3.32. The molecule has 1 aromatic carbocycles. The molecule has 0 unspecified atom stereocenters. The first-order valence-corrected chi connectivity index (χ1v) is 10.1. The van der Waals surface area contributed by atoms with Gasteiger partial charge in [-0.2, -0.15) is 4.31 Å². The third-order valence-corrected chi connectivity index (χ3v) is 6.58. The van der Waals surface area contributed by atoms with Crippen LogP contribution in [0.3, 0.4) is 0 Å². The van der Waals surface area contributed by atoms with Crippen LogP contribution >= 0.6 is 11.3 Å². The molecule has 0 aliphatic heterocycles. The lowest BCUT2D eigenvalue weighted by molar-refractivity contribution is 0.403. The number of hydrogen-bond donors (Lipinski definition) is 0. The van der Waals surface area contributed by atoms with E-state index in [-0.39, 0.29) is 11.4 Å². The fourth-order valence-corrected chi connectivity index (χ4v) is 4.63. The fourth-order valence-electron chi connectivity index (χ4n) is 2.47. The Morgan fingerprint density at radius 3 is 2.76 bits per heavy atom. The first-order valence-electron chi connectivity index (χ1n) is 7.77. The van der Waals surface area contributed by atoms with Crippen LogP contribution in [0.4, 0.5) is 0 Å². The molecule has 0 atom stereocenters. The molecule has 0 aliphatic carbocycles. The van der Waals surface area contributed by atoms with Crippen LogP contribution < -0.4 is 4.74 Å². The van der Waals surface area contributed by atoms with Crippen molar-refractivity contribution in [2.75, 3.05) is 13.7 Å². The molecule has 0 aliphatic rings. The van der Waals surface area contributed by atoms with Crippen molar-refractivity contribution in [1.29, 1.82) is 0 Å². The number of furan rings is 1. The van der Waals surface area contributed by atoms with E-state index in [9.17, 15) is 8.42 Å². The van der Waals surface area contributed by atoms with Gasteiger partial charge in [-0.3, -0.25) is 0 Å². The minimum Gasteiger partial charge on any atom is -0.497 e. The highest BCUT2D eigenvalue weighted by Gasteiger charge is 2.25. The summed E-state index contributed by atoms with van der Waals surface area (Å²) in [5.74, 6) is 0.516. The van der Waals surface area contributed by atoms with Crippen LogP contribution in [0.1, 0.15) is 10.4 Å². The zero-order chi connectivity index (χ0) is 17.7. The minimum atomic E-state index is -3.65. The highest BCUT2D eigenvalue weighted by atomic mass is 32.2. The Morgan fingerprint density at radius 2 is 2.08 bits per heavy atom. The van der Waals surface area contributed by atoms with Gasteiger partial charge in [0.15, 0.2) is 0 Å². The topological polar surface area (TPSA) is 59.8 Å². The highest BCUT2D eigenvalue weighted by Crippen LogP contribution is 2.23. The highest BCUT2D eigenvalue weighted by molar-refractivity contribution is 7.89. The van der Waals surface area contributed by atoms with Gasteiger partial charge in [-0.25, -0.2) is 8.42 Å². The number of hydrogen-bond acceptors (Lipinski definition) is 5. The average molecular weight is 377 g/mol. The number of nitrogens with zero attached hydrogens (tertiary/aromatic N) is 1. The van der Waals surface area contributed by atoms with Crippen molar-refractivity contribution < 1.29 is 17.6 Å². The Hall–Kier alpha value is -2.09. The van der Waals surface area contributed by atoms with Gasteiger partial charge in [0.2, 0.25) is 10.0 Å². The van der Waals surface area contributed by atoms with Crippen molar-refractivity contribution in [2.24, 2.45) is 0 Å². The molecule has 0 saturated heterocycles. The molecule has 132 valence electrons. The third-order valence-electron chi connectivity index (χ3n) is 3.81. The molecule has 0 saturated carbocycles. The number of thiophene rings is 1. The lowest BCUT2D eigenvalue weighted by atomic mass is 10.3. The van der Waals surface area contributed by atoms with E-state index in [4.69, 9.17) is 9.15 Å². The van der Waals surface area contributed by atoms with E-state index in [2.05, 4.69) is 0 Å². The molecular formula is C18H19NO4S2. The van der Waals surface area contributed by atoms with E-state index < -0.39 is 10.0 Å². The van der Waals surface area contributed by atoms with Crippen molar-refractivity contribution in [3.05, 3.63) is 70.8 Å². The molecule has 3 rings (SSSR count). The van der Waals surface area contributed by atoms with Gasteiger partial charge in [0.1, 0.15) is 5.75 Å². The number of rotatable bonds is 8. The van der Waals surface area contributed by atoms with Crippen LogP contribution in [0.15, 0.2) is 69.7 Å². The van der Waals surface area contributed by atoms with E-state index in [0.717, 1.165) is 10.4 Å². The first kappa shape index (κ1) is 17.7. The summed E-state index contributed by atoms with van der Waals surface area (Å²) in [4.78, 5) is 1.37. The van der Waals surface area contributed by atoms with Crippen molar-refractivity contribution in [1.82, 2.24) is 4.31 Å². The molecule has 2 aromatic heterocycles. The van der Waals surface area contributed by atoms with E-state index >= 15 is 0 Å². The molecule has 3 aromatic rings. The molecule has 0 N–H and O–H groups in total. The van der Waals surface area contributed by atoms with Gasteiger partial charge in [0.25, 0.3) is 0 Å². The van der Waals surface area contributed by atoms with E-state index in [1.807, 2.05) is 17.5 Å². The summed E-state index contributed by atoms with van der Waals surface area (Å²) in [6, 6.07) is 12.3. The monoisotopic (exact) mass is 377 g/mol. The van der Waals surface area contributed by atoms with Crippen molar-refractivity contribution >= 4 is 21.4 Å². The Balaban J connectivity index is 1.87. The first-order chi connectivity index (χ1) is 12.1. The normalized spacial score (nSPS) is 11.8. The van der Waals surface area contributed by atoms with E-state index in [1.54, 1.807) is 54.2 Å². The second-order valence-electron chi connectivity index (χ2n) is 5.48. The molecule has 25 heavy (non-hydrogen) atoms. The van der Waals surface area contributed by atoms with Gasteiger partial charge in [0.05, 0.1) is 24.5 Å². The summed E-state index contributed by atoms with van der Waals surface area (Å²) < 4.78 is 38.0. The van der Waals surface area contributed by atoms with Gasteiger partial charge in [-0.15, -0.1) is 11.3 Å². The Kier molecular flexibility index (Phi) is 5.57. The lowest BCUT2D eigenvalue weighted by Gasteiger charge is -2.21. The molecule has 0 spiro atoms. The molecule has 0 radical (unpaired) electrons. The number of methoxy groups -OCH3 is 1. The summed E-state index contributed by atoms with van der Waals surface area (Å²) >= 11 is 1.63. The number of sulfonamides is 1. The van der Waals surface area contributed by atoms with Crippen LogP contribution in [0, 0.1) is 0 Å². The van der Waals surface area contributed by atoms with E-state index in [0.29, 0.717) is 18.7 Å². The maximum Gasteiger partial charge on any atom is 0.243 e. The molecule has 7 heteroatoms.